The van der Waals surface area contributed by atoms with E-state index in [1.54, 1.807) is 11.3 Å². The Hall–Kier alpha value is -0.680. The van der Waals surface area contributed by atoms with Crippen molar-refractivity contribution < 1.29 is 4.74 Å². The largest absolute Gasteiger partial charge is 0.381 e. The molecule has 1 aliphatic heterocycles. The van der Waals surface area contributed by atoms with Crippen LogP contribution in [0, 0.1) is 5.41 Å². The van der Waals surface area contributed by atoms with Crippen molar-refractivity contribution in [3.63, 3.8) is 0 Å². The highest BCUT2D eigenvalue weighted by Gasteiger charge is 2.27. The molecule has 1 aromatic heterocycles. The topological polar surface area (TPSA) is 47.0 Å². The van der Waals surface area contributed by atoms with E-state index in [0.29, 0.717) is 5.41 Å². The van der Waals surface area contributed by atoms with Crippen LogP contribution in [0.3, 0.4) is 0 Å². The molecular formula is C11H19N3OS. The summed E-state index contributed by atoms with van der Waals surface area (Å²) >= 11 is 1.66. The Kier molecular flexibility index (Phi) is 3.76. The minimum absolute atomic E-state index is 0.344. The summed E-state index contributed by atoms with van der Waals surface area (Å²) in [5.41, 5.74) is 0.344. The van der Waals surface area contributed by atoms with Crippen LogP contribution in [-0.2, 0) is 11.2 Å². The Bertz CT molecular complexity index is 334. The second kappa shape index (κ2) is 5.10. The van der Waals surface area contributed by atoms with Gasteiger partial charge in [0.05, 0.1) is 0 Å². The van der Waals surface area contributed by atoms with Gasteiger partial charge in [-0.25, -0.2) is 0 Å². The van der Waals surface area contributed by atoms with E-state index in [4.69, 9.17) is 4.74 Å². The van der Waals surface area contributed by atoms with Gasteiger partial charge >= 0.3 is 0 Å². The SMILES string of the molecule is CCc1nnc(NCC2(C)CCOCC2)s1. The molecule has 0 atom stereocenters. The number of hydrogen-bond donors (Lipinski definition) is 1. The molecule has 0 aliphatic carbocycles. The Labute approximate surface area is 100 Å². The third kappa shape index (κ3) is 2.92. The number of nitrogens with zero attached hydrogens (tertiary/aromatic N) is 2. The first kappa shape index (κ1) is 11.8. The molecule has 16 heavy (non-hydrogen) atoms. The first-order chi connectivity index (χ1) is 7.72. The Morgan fingerprint density at radius 3 is 2.75 bits per heavy atom. The van der Waals surface area contributed by atoms with Crippen molar-refractivity contribution in [2.45, 2.75) is 33.1 Å². The van der Waals surface area contributed by atoms with E-state index in [0.717, 1.165) is 49.2 Å². The smallest absolute Gasteiger partial charge is 0.205 e. The molecule has 1 aliphatic rings. The van der Waals surface area contributed by atoms with Gasteiger partial charge in [0.15, 0.2) is 0 Å². The molecule has 0 bridgehead atoms. The molecule has 1 N–H and O–H groups in total. The van der Waals surface area contributed by atoms with Crippen LogP contribution in [0.5, 0.6) is 0 Å². The molecule has 0 unspecified atom stereocenters. The molecule has 1 fully saturated rings. The number of aromatic nitrogens is 2. The van der Waals surface area contributed by atoms with Crippen LogP contribution < -0.4 is 5.32 Å². The van der Waals surface area contributed by atoms with E-state index in [2.05, 4.69) is 29.4 Å². The van der Waals surface area contributed by atoms with Crippen LogP contribution in [0.4, 0.5) is 5.13 Å². The predicted molar refractivity (Wildman–Crippen MR) is 65.9 cm³/mol. The van der Waals surface area contributed by atoms with Gasteiger partial charge in [0.2, 0.25) is 5.13 Å². The van der Waals surface area contributed by atoms with Crippen molar-refractivity contribution in [1.82, 2.24) is 10.2 Å². The number of aryl methyl sites for hydroxylation is 1. The van der Waals surface area contributed by atoms with Gasteiger partial charge in [-0.05, 0) is 24.7 Å². The molecule has 0 radical (unpaired) electrons. The van der Waals surface area contributed by atoms with Gasteiger partial charge in [0.25, 0.3) is 0 Å². The van der Waals surface area contributed by atoms with Crippen molar-refractivity contribution >= 4 is 16.5 Å². The summed E-state index contributed by atoms with van der Waals surface area (Å²) in [4.78, 5) is 0. The van der Waals surface area contributed by atoms with Gasteiger partial charge < -0.3 is 10.1 Å². The number of ether oxygens (including phenoxy) is 1. The maximum atomic E-state index is 5.39. The van der Waals surface area contributed by atoms with Crippen LogP contribution in [0.25, 0.3) is 0 Å². The zero-order valence-corrected chi connectivity index (χ0v) is 10.8. The van der Waals surface area contributed by atoms with Crippen LogP contribution >= 0.6 is 11.3 Å². The molecule has 0 aromatic carbocycles. The van der Waals surface area contributed by atoms with E-state index in [-0.39, 0.29) is 0 Å². The van der Waals surface area contributed by atoms with E-state index in [1.165, 1.54) is 0 Å². The maximum Gasteiger partial charge on any atom is 0.205 e. The number of rotatable bonds is 4. The maximum absolute atomic E-state index is 5.39. The summed E-state index contributed by atoms with van der Waals surface area (Å²) in [6, 6.07) is 0. The van der Waals surface area contributed by atoms with Crippen LogP contribution in [-0.4, -0.2) is 30.0 Å². The third-order valence-corrected chi connectivity index (χ3v) is 4.16. The van der Waals surface area contributed by atoms with Gasteiger partial charge in [-0.2, -0.15) is 0 Å². The van der Waals surface area contributed by atoms with E-state index in [9.17, 15) is 0 Å². The van der Waals surface area contributed by atoms with Crippen molar-refractivity contribution in [2.24, 2.45) is 5.41 Å². The minimum atomic E-state index is 0.344. The third-order valence-electron chi connectivity index (χ3n) is 3.14. The molecule has 0 saturated carbocycles. The fraction of sp³-hybridized carbons (Fsp3) is 0.818. The monoisotopic (exact) mass is 241 g/mol. The van der Waals surface area contributed by atoms with Crippen LogP contribution in [0.15, 0.2) is 0 Å². The average molecular weight is 241 g/mol. The van der Waals surface area contributed by atoms with E-state index in [1.807, 2.05) is 0 Å². The standard InChI is InChI=1S/C11H19N3OS/c1-3-9-13-14-10(16-9)12-8-11(2)4-6-15-7-5-11/h3-8H2,1-2H3,(H,12,14). The second-order valence-electron chi connectivity index (χ2n) is 4.63. The highest BCUT2D eigenvalue weighted by atomic mass is 32.1. The lowest BCUT2D eigenvalue weighted by Crippen LogP contribution is -2.33. The van der Waals surface area contributed by atoms with Gasteiger partial charge in [-0.3, -0.25) is 0 Å². The molecule has 2 heterocycles. The summed E-state index contributed by atoms with van der Waals surface area (Å²) in [6.45, 7) is 7.14. The number of nitrogens with one attached hydrogen (secondary N) is 1. The summed E-state index contributed by atoms with van der Waals surface area (Å²) in [7, 11) is 0. The molecule has 4 nitrogen and oxygen atoms in total. The molecule has 2 rings (SSSR count). The molecule has 0 amide bonds. The van der Waals surface area contributed by atoms with Gasteiger partial charge in [-0.1, -0.05) is 25.2 Å². The zero-order valence-electron chi connectivity index (χ0n) is 9.95. The Morgan fingerprint density at radius 2 is 2.12 bits per heavy atom. The predicted octanol–water partition coefficient (Wildman–Crippen LogP) is 2.33. The molecule has 1 saturated heterocycles. The zero-order chi connectivity index (χ0) is 11.4. The van der Waals surface area contributed by atoms with Gasteiger partial charge in [0.1, 0.15) is 5.01 Å². The molecule has 90 valence electrons. The van der Waals surface area contributed by atoms with Crippen molar-refractivity contribution in [3.05, 3.63) is 5.01 Å². The van der Waals surface area contributed by atoms with Gasteiger partial charge in [-0.15, -0.1) is 10.2 Å². The van der Waals surface area contributed by atoms with Crippen molar-refractivity contribution in [1.29, 1.82) is 0 Å². The molecular weight excluding hydrogens is 222 g/mol. The Morgan fingerprint density at radius 1 is 1.38 bits per heavy atom. The average Bonchev–Trinajstić information content (AvgIpc) is 2.75. The van der Waals surface area contributed by atoms with Crippen molar-refractivity contribution in [2.75, 3.05) is 25.1 Å². The molecule has 0 spiro atoms. The lowest BCUT2D eigenvalue weighted by atomic mass is 9.82. The fourth-order valence-corrected chi connectivity index (χ4v) is 2.47. The first-order valence-corrected chi connectivity index (χ1v) is 6.67. The summed E-state index contributed by atoms with van der Waals surface area (Å²) < 4.78 is 5.39. The van der Waals surface area contributed by atoms with E-state index < -0.39 is 0 Å². The normalized spacial score (nSPS) is 19.6. The summed E-state index contributed by atoms with van der Waals surface area (Å²) in [6.07, 6.45) is 3.21. The first-order valence-electron chi connectivity index (χ1n) is 5.86. The van der Waals surface area contributed by atoms with Crippen molar-refractivity contribution in [3.8, 4) is 0 Å². The molecule has 5 heteroatoms. The number of anilines is 1. The van der Waals surface area contributed by atoms with Crippen LogP contribution in [0.2, 0.25) is 0 Å². The second-order valence-corrected chi connectivity index (χ2v) is 5.69. The minimum Gasteiger partial charge on any atom is -0.381 e. The highest BCUT2D eigenvalue weighted by Crippen LogP contribution is 2.30. The number of hydrogen-bond acceptors (Lipinski definition) is 5. The summed E-state index contributed by atoms with van der Waals surface area (Å²) in [5, 5.41) is 13.7. The lowest BCUT2D eigenvalue weighted by molar-refractivity contribution is 0.0300. The highest BCUT2D eigenvalue weighted by molar-refractivity contribution is 7.15. The fourth-order valence-electron chi connectivity index (χ4n) is 1.80. The molecule has 1 aromatic rings. The van der Waals surface area contributed by atoms with Gasteiger partial charge in [0, 0.05) is 19.8 Å². The summed E-state index contributed by atoms with van der Waals surface area (Å²) in [5.74, 6) is 0. The van der Waals surface area contributed by atoms with E-state index >= 15 is 0 Å². The quantitative estimate of drug-likeness (QED) is 0.879. The lowest BCUT2D eigenvalue weighted by Gasteiger charge is -2.33. The Balaban J connectivity index is 1.86. The van der Waals surface area contributed by atoms with Crippen LogP contribution in [0.1, 0.15) is 31.7 Å².